The third-order valence-corrected chi connectivity index (χ3v) is 6.42. The molecule has 43 heavy (non-hydrogen) atoms. The van der Waals surface area contributed by atoms with E-state index in [1.807, 2.05) is 6.07 Å². The van der Waals surface area contributed by atoms with E-state index in [1.54, 1.807) is 57.2 Å². The van der Waals surface area contributed by atoms with Crippen molar-refractivity contribution in [2.75, 3.05) is 5.32 Å². The number of nitrogens with one attached hydrogen (secondary N) is 4. The number of carbonyl (C=O) groups excluding carboxylic acids is 4. The number of hydrogen-bond acceptors (Lipinski definition) is 8. The minimum absolute atomic E-state index is 0.00175. The van der Waals surface area contributed by atoms with Gasteiger partial charge in [-0.15, -0.1) is 0 Å². The molecule has 0 bridgehead atoms. The molecule has 0 aliphatic rings. The highest BCUT2D eigenvalue weighted by Gasteiger charge is 2.30. The molecule has 0 radical (unpaired) electrons. The minimum Gasteiger partial charge on any atom is -0.481 e. The Balaban J connectivity index is 1.62. The second-order valence-electron chi connectivity index (χ2n) is 10.3. The molecule has 228 valence electrons. The first-order valence-electron chi connectivity index (χ1n) is 13.5. The molecule has 4 amide bonds. The Kier molecular flexibility index (Phi) is 11.0. The predicted octanol–water partition coefficient (Wildman–Crippen LogP) is 2.46. The lowest BCUT2D eigenvalue weighted by Gasteiger charge is -2.24. The van der Waals surface area contributed by atoms with Crippen LogP contribution in [0.5, 0.6) is 0 Å². The first-order valence-corrected chi connectivity index (χ1v) is 13.5. The molecule has 0 saturated heterocycles. The number of fused-ring (bicyclic) bond motifs is 1. The number of carbonyl (C=O) groups is 5. The third-order valence-electron chi connectivity index (χ3n) is 6.42. The van der Waals surface area contributed by atoms with E-state index in [9.17, 15) is 33.9 Å². The molecule has 0 aliphatic carbocycles. The molecule has 1 aromatic heterocycles. The summed E-state index contributed by atoms with van der Waals surface area (Å²) in [4.78, 5) is 74.3. The molecule has 0 aliphatic heterocycles. The molecule has 13 nitrogen and oxygen atoms in total. The van der Waals surface area contributed by atoms with Crippen LogP contribution in [0.15, 0.2) is 63.8 Å². The van der Waals surface area contributed by atoms with Crippen LogP contribution >= 0.6 is 0 Å². The van der Waals surface area contributed by atoms with E-state index in [0.717, 1.165) is 5.56 Å². The van der Waals surface area contributed by atoms with Gasteiger partial charge in [0.1, 0.15) is 30.3 Å². The molecule has 2 aromatic carbocycles. The summed E-state index contributed by atoms with van der Waals surface area (Å²) in [7, 11) is 0. The monoisotopic (exact) mass is 594 g/mol. The number of amides is 4. The molecule has 0 saturated carbocycles. The van der Waals surface area contributed by atoms with Gasteiger partial charge >= 0.3 is 17.7 Å². The molecule has 3 aromatic rings. The summed E-state index contributed by atoms with van der Waals surface area (Å²) in [6.07, 6.45) is -1.57. The summed E-state index contributed by atoms with van der Waals surface area (Å²) < 4.78 is 10.4. The summed E-state index contributed by atoms with van der Waals surface area (Å²) in [5, 5.41) is 19.8. The normalized spacial score (nSPS) is 13.0. The van der Waals surface area contributed by atoms with Crippen molar-refractivity contribution in [1.29, 1.82) is 0 Å². The smallest absolute Gasteiger partial charge is 0.408 e. The molecule has 0 spiro atoms. The Hall–Kier alpha value is -5.20. The second-order valence-corrected chi connectivity index (χ2v) is 10.3. The lowest BCUT2D eigenvalue weighted by Crippen LogP contribution is -2.56. The van der Waals surface area contributed by atoms with Gasteiger partial charge in [0.25, 0.3) is 0 Å². The Labute approximate surface area is 247 Å². The van der Waals surface area contributed by atoms with E-state index in [4.69, 9.17) is 9.15 Å². The Morgan fingerprint density at radius 3 is 2.23 bits per heavy atom. The molecule has 3 atom stereocenters. The Bertz CT molecular complexity index is 1550. The molecule has 13 heteroatoms. The minimum atomic E-state index is -1.50. The van der Waals surface area contributed by atoms with Gasteiger partial charge in [-0.2, -0.15) is 0 Å². The molecule has 3 rings (SSSR count). The largest absolute Gasteiger partial charge is 0.481 e. The number of benzene rings is 2. The standard InChI is InChI=1S/C30H34N4O9/c1-16(2)26(34-30(41)42-15-19-8-6-5-7-9-19)29(40)31-18(4)27(38)33-22(14-24(35)36)28(39)32-20-10-11-21-17(3)12-25(37)43-23(21)13-20/h5-13,16,18,22,26H,14-15H2,1-4H3,(H,31,40)(H,32,39)(H,33,38)(H,34,41)(H,35,36). The van der Waals surface area contributed by atoms with Crippen molar-refractivity contribution in [2.24, 2.45) is 5.92 Å². The summed E-state index contributed by atoms with van der Waals surface area (Å²) in [5.41, 5.74) is 1.29. The van der Waals surface area contributed by atoms with E-state index in [0.29, 0.717) is 10.9 Å². The highest BCUT2D eigenvalue weighted by atomic mass is 16.5. The van der Waals surface area contributed by atoms with Crippen molar-refractivity contribution < 1.29 is 38.2 Å². The quantitative estimate of drug-likeness (QED) is 0.196. The second kappa shape index (κ2) is 14.6. The first kappa shape index (κ1) is 32.3. The van der Waals surface area contributed by atoms with E-state index in [-0.39, 0.29) is 23.8 Å². The molecular weight excluding hydrogens is 560 g/mol. The number of anilines is 1. The average Bonchev–Trinajstić information content (AvgIpc) is 2.94. The maximum atomic E-state index is 13.0. The summed E-state index contributed by atoms with van der Waals surface area (Å²) in [6.45, 7) is 6.46. The van der Waals surface area contributed by atoms with Gasteiger partial charge in [-0.25, -0.2) is 9.59 Å². The van der Waals surface area contributed by atoms with E-state index >= 15 is 0 Å². The lowest BCUT2D eigenvalue weighted by atomic mass is 10.0. The van der Waals surface area contributed by atoms with Gasteiger partial charge in [0, 0.05) is 23.2 Å². The van der Waals surface area contributed by atoms with Crippen LogP contribution in [0.2, 0.25) is 0 Å². The number of aryl methyl sites for hydroxylation is 1. The molecule has 0 fully saturated rings. The van der Waals surface area contributed by atoms with Gasteiger partial charge in [0.15, 0.2) is 0 Å². The van der Waals surface area contributed by atoms with Gasteiger partial charge in [0.2, 0.25) is 17.7 Å². The van der Waals surface area contributed by atoms with Gasteiger partial charge in [-0.05, 0) is 43.0 Å². The van der Waals surface area contributed by atoms with Crippen molar-refractivity contribution in [1.82, 2.24) is 16.0 Å². The highest BCUT2D eigenvalue weighted by molar-refractivity contribution is 6.01. The number of hydrogen-bond donors (Lipinski definition) is 5. The van der Waals surface area contributed by atoms with Crippen molar-refractivity contribution in [3.63, 3.8) is 0 Å². The summed E-state index contributed by atoms with van der Waals surface area (Å²) in [6, 6.07) is 11.1. The predicted molar refractivity (Wildman–Crippen MR) is 156 cm³/mol. The summed E-state index contributed by atoms with van der Waals surface area (Å²) >= 11 is 0. The molecule has 1 heterocycles. The fourth-order valence-corrected chi connectivity index (χ4v) is 4.11. The van der Waals surface area contributed by atoms with Crippen molar-refractivity contribution >= 4 is 46.4 Å². The highest BCUT2D eigenvalue weighted by Crippen LogP contribution is 2.21. The van der Waals surface area contributed by atoms with Crippen LogP contribution < -0.4 is 26.9 Å². The Morgan fingerprint density at radius 1 is 0.884 bits per heavy atom. The van der Waals surface area contributed by atoms with E-state index in [2.05, 4.69) is 21.3 Å². The van der Waals surface area contributed by atoms with Gasteiger partial charge in [0.05, 0.1) is 6.42 Å². The number of alkyl carbamates (subject to hydrolysis) is 1. The zero-order valence-corrected chi connectivity index (χ0v) is 24.1. The molecule has 5 N–H and O–H groups in total. The zero-order chi connectivity index (χ0) is 31.7. The number of carboxylic acid groups (broad SMARTS) is 1. The summed E-state index contributed by atoms with van der Waals surface area (Å²) in [5.74, 6) is -4.08. The van der Waals surface area contributed by atoms with Crippen molar-refractivity contribution in [3.8, 4) is 0 Å². The topological polar surface area (TPSA) is 193 Å². The zero-order valence-electron chi connectivity index (χ0n) is 24.1. The van der Waals surface area contributed by atoms with Gasteiger partial charge in [-0.1, -0.05) is 44.2 Å². The lowest BCUT2D eigenvalue weighted by molar-refractivity contribution is -0.140. The first-order chi connectivity index (χ1) is 20.3. The average molecular weight is 595 g/mol. The van der Waals surface area contributed by atoms with Crippen LogP contribution in [0.4, 0.5) is 10.5 Å². The van der Waals surface area contributed by atoms with Crippen LogP contribution in [0.25, 0.3) is 11.0 Å². The van der Waals surface area contributed by atoms with Crippen molar-refractivity contribution in [3.05, 3.63) is 76.1 Å². The number of rotatable bonds is 12. The number of aliphatic carboxylic acids is 1. The fraction of sp³-hybridized carbons (Fsp3) is 0.333. The van der Waals surface area contributed by atoms with Crippen LogP contribution in [0, 0.1) is 12.8 Å². The van der Waals surface area contributed by atoms with Gasteiger partial charge in [-0.3, -0.25) is 19.2 Å². The molecular formula is C30H34N4O9. The number of ether oxygens (including phenoxy) is 1. The SMILES string of the molecule is Cc1cc(=O)oc2cc(NC(=O)C(CC(=O)O)NC(=O)C(C)NC(=O)C(NC(=O)OCc3ccccc3)C(C)C)ccc12. The van der Waals surface area contributed by atoms with Gasteiger partial charge < -0.3 is 35.5 Å². The van der Waals surface area contributed by atoms with Crippen molar-refractivity contribution in [2.45, 2.75) is 58.8 Å². The van der Waals surface area contributed by atoms with Crippen LogP contribution in [0.3, 0.4) is 0 Å². The van der Waals surface area contributed by atoms with Crippen LogP contribution in [-0.4, -0.2) is 53.0 Å². The van der Waals surface area contributed by atoms with Crippen LogP contribution in [0.1, 0.15) is 38.3 Å². The maximum absolute atomic E-state index is 13.0. The van der Waals surface area contributed by atoms with E-state index in [1.165, 1.54) is 19.1 Å². The number of carboxylic acids is 1. The Morgan fingerprint density at radius 2 is 1.58 bits per heavy atom. The van der Waals surface area contributed by atoms with Crippen LogP contribution in [-0.2, 0) is 30.5 Å². The fourth-order valence-electron chi connectivity index (χ4n) is 4.11. The van der Waals surface area contributed by atoms with E-state index < -0.39 is 60.0 Å². The maximum Gasteiger partial charge on any atom is 0.408 e. The third kappa shape index (κ3) is 9.42. The molecule has 3 unspecified atom stereocenters.